The normalized spacial score (nSPS) is 14.1. The molecule has 2 rings (SSSR count). The number of aliphatic imine (C=N–C) groups is 1. The van der Waals surface area contributed by atoms with E-state index in [-0.39, 0.29) is 24.0 Å². The highest BCUT2D eigenvalue weighted by Gasteiger charge is 2.20. The molecule has 0 spiro atoms. The lowest BCUT2D eigenvalue weighted by Gasteiger charge is -2.11. The zero-order valence-corrected chi connectivity index (χ0v) is 17.0. The van der Waals surface area contributed by atoms with Crippen LogP contribution in [0.2, 0.25) is 0 Å². The van der Waals surface area contributed by atoms with Gasteiger partial charge in [-0.15, -0.1) is 24.0 Å². The number of nitrogens with one attached hydrogen (secondary N) is 2. The van der Waals surface area contributed by atoms with Crippen molar-refractivity contribution in [3.05, 3.63) is 35.4 Å². The molecule has 0 saturated heterocycles. The van der Waals surface area contributed by atoms with Crippen molar-refractivity contribution >= 4 is 29.9 Å². The molecule has 0 amide bonds. The van der Waals surface area contributed by atoms with Gasteiger partial charge in [0.05, 0.1) is 0 Å². The predicted molar refractivity (Wildman–Crippen MR) is 108 cm³/mol. The van der Waals surface area contributed by atoms with Crippen molar-refractivity contribution in [3.63, 3.8) is 0 Å². The highest BCUT2D eigenvalue weighted by molar-refractivity contribution is 14.0. The van der Waals surface area contributed by atoms with Gasteiger partial charge in [0.25, 0.3) is 0 Å². The third kappa shape index (κ3) is 9.94. The Labute approximate surface area is 165 Å². The number of nitrogens with zero attached hydrogens (tertiary/aromatic N) is 1. The fourth-order valence-corrected chi connectivity index (χ4v) is 2.31. The highest BCUT2D eigenvalue weighted by atomic mass is 127. The fourth-order valence-electron chi connectivity index (χ4n) is 2.31. The molecule has 0 unspecified atom stereocenters. The average Bonchev–Trinajstić information content (AvgIpc) is 3.34. The number of hydrogen-bond acceptors (Lipinski definition) is 2. The van der Waals surface area contributed by atoms with Crippen LogP contribution in [0.4, 0.5) is 8.78 Å². The van der Waals surface area contributed by atoms with E-state index in [1.165, 1.54) is 25.0 Å². The molecule has 2 N–H and O–H groups in total. The molecule has 142 valence electrons. The Balaban J connectivity index is 0.00000312. The van der Waals surface area contributed by atoms with Gasteiger partial charge >= 0.3 is 0 Å². The largest absolute Gasteiger partial charge is 0.381 e. The van der Waals surface area contributed by atoms with Crippen molar-refractivity contribution < 1.29 is 13.5 Å². The maximum atomic E-state index is 13.1. The average molecular weight is 467 g/mol. The van der Waals surface area contributed by atoms with Crippen LogP contribution in [0.3, 0.4) is 0 Å². The molecule has 1 aliphatic carbocycles. The number of halogens is 3. The molecular formula is C18H28F2IN3O. The van der Waals surface area contributed by atoms with Gasteiger partial charge in [0.1, 0.15) is 11.6 Å². The Bertz CT molecular complexity index is 519. The van der Waals surface area contributed by atoms with E-state index in [9.17, 15) is 8.78 Å². The van der Waals surface area contributed by atoms with E-state index in [2.05, 4.69) is 15.6 Å². The predicted octanol–water partition coefficient (Wildman–Crippen LogP) is 3.50. The van der Waals surface area contributed by atoms with E-state index >= 15 is 0 Å². The van der Waals surface area contributed by atoms with E-state index in [0.717, 1.165) is 44.1 Å². The molecular weight excluding hydrogens is 439 g/mol. The van der Waals surface area contributed by atoms with Gasteiger partial charge in [-0.25, -0.2) is 8.78 Å². The van der Waals surface area contributed by atoms with Crippen LogP contribution in [0.5, 0.6) is 0 Å². The second kappa shape index (κ2) is 12.4. The van der Waals surface area contributed by atoms with Gasteiger partial charge in [-0.05, 0) is 56.2 Å². The summed E-state index contributed by atoms with van der Waals surface area (Å²) in [5, 5.41) is 6.34. The van der Waals surface area contributed by atoms with Gasteiger partial charge in [-0.1, -0.05) is 0 Å². The van der Waals surface area contributed by atoms with Crippen LogP contribution in [-0.4, -0.2) is 38.8 Å². The van der Waals surface area contributed by atoms with Gasteiger partial charge in [-0.2, -0.15) is 0 Å². The standard InChI is InChI=1S/C18H27F2N3O.HI/c1-2-21-18(22-7-3-9-24-13-14-4-5-14)23-8-6-15-10-16(19)12-17(20)11-15;/h10-12,14H,2-9,13H2,1H3,(H2,21,22,23);1H. The molecule has 25 heavy (non-hydrogen) atoms. The minimum Gasteiger partial charge on any atom is -0.381 e. The first-order valence-electron chi connectivity index (χ1n) is 8.72. The minimum atomic E-state index is -0.545. The third-order valence-electron chi connectivity index (χ3n) is 3.74. The van der Waals surface area contributed by atoms with Crippen molar-refractivity contribution in [2.75, 3.05) is 32.8 Å². The van der Waals surface area contributed by atoms with Crippen molar-refractivity contribution in [3.8, 4) is 0 Å². The molecule has 0 atom stereocenters. The molecule has 1 aromatic rings. The van der Waals surface area contributed by atoms with Crippen LogP contribution in [0.15, 0.2) is 23.2 Å². The molecule has 0 radical (unpaired) electrons. The third-order valence-corrected chi connectivity index (χ3v) is 3.74. The van der Waals surface area contributed by atoms with E-state index in [4.69, 9.17) is 4.74 Å². The van der Waals surface area contributed by atoms with Gasteiger partial charge in [0.15, 0.2) is 5.96 Å². The van der Waals surface area contributed by atoms with Gasteiger partial charge in [-0.3, -0.25) is 4.99 Å². The Kier molecular flexibility index (Phi) is 11.0. The maximum absolute atomic E-state index is 13.1. The SMILES string of the molecule is CCNC(=NCCCOCC1CC1)NCCc1cc(F)cc(F)c1.I. The lowest BCUT2D eigenvalue weighted by Crippen LogP contribution is -2.38. The Hall–Kier alpha value is -0.960. The number of guanidine groups is 1. The summed E-state index contributed by atoms with van der Waals surface area (Å²) in [6, 6.07) is 3.59. The summed E-state index contributed by atoms with van der Waals surface area (Å²) in [7, 11) is 0. The number of ether oxygens (including phenoxy) is 1. The molecule has 4 nitrogen and oxygen atoms in total. The first kappa shape index (κ1) is 22.1. The lowest BCUT2D eigenvalue weighted by molar-refractivity contribution is 0.123. The monoisotopic (exact) mass is 467 g/mol. The molecule has 0 aromatic heterocycles. The molecule has 1 fully saturated rings. The first-order valence-corrected chi connectivity index (χ1v) is 8.72. The smallest absolute Gasteiger partial charge is 0.191 e. The van der Waals surface area contributed by atoms with Crippen LogP contribution >= 0.6 is 24.0 Å². The Morgan fingerprint density at radius 2 is 1.92 bits per heavy atom. The molecule has 1 saturated carbocycles. The summed E-state index contributed by atoms with van der Waals surface area (Å²) in [6.45, 7) is 5.63. The molecule has 0 heterocycles. The first-order chi connectivity index (χ1) is 11.7. The van der Waals surface area contributed by atoms with Crippen LogP contribution in [0, 0.1) is 17.6 Å². The Morgan fingerprint density at radius 1 is 1.20 bits per heavy atom. The van der Waals surface area contributed by atoms with Crippen LogP contribution in [0.1, 0.15) is 31.7 Å². The molecule has 7 heteroatoms. The maximum Gasteiger partial charge on any atom is 0.191 e. The van der Waals surface area contributed by atoms with Crippen LogP contribution in [-0.2, 0) is 11.2 Å². The van der Waals surface area contributed by atoms with E-state index < -0.39 is 11.6 Å². The van der Waals surface area contributed by atoms with Gasteiger partial charge in [0.2, 0.25) is 0 Å². The summed E-state index contributed by atoms with van der Waals surface area (Å²) < 4.78 is 31.9. The van der Waals surface area contributed by atoms with Crippen molar-refractivity contribution in [2.45, 2.75) is 32.6 Å². The van der Waals surface area contributed by atoms with Crippen LogP contribution < -0.4 is 10.6 Å². The second-order valence-electron chi connectivity index (χ2n) is 6.09. The van der Waals surface area contributed by atoms with Gasteiger partial charge < -0.3 is 15.4 Å². The summed E-state index contributed by atoms with van der Waals surface area (Å²) >= 11 is 0. The number of rotatable bonds is 10. The van der Waals surface area contributed by atoms with E-state index in [1.807, 2.05) is 6.92 Å². The topological polar surface area (TPSA) is 45.7 Å². The second-order valence-corrected chi connectivity index (χ2v) is 6.09. The van der Waals surface area contributed by atoms with Crippen molar-refractivity contribution in [1.82, 2.24) is 10.6 Å². The van der Waals surface area contributed by atoms with Crippen molar-refractivity contribution in [2.24, 2.45) is 10.9 Å². The fraction of sp³-hybridized carbons (Fsp3) is 0.611. The number of benzene rings is 1. The zero-order valence-electron chi connectivity index (χ0n) is 14.7. The van der Waals surface area contributed by atoms with E-state index in [0.29, 0.717) is 25.1 Å². The quantitative estimate of drug-likeness (QED) is 0.240. The lowest BCUT2D eigenvalue weighted by atomic mass is 10.1. The summed E-state index contributed by atoms with van der Waals surface area (Å²) in [5.74, 6) is 0.422. The highest BCUT2D eigenvalue weighted by Crippen LogP contribution is 2.28. The molecule has 0 aliphatic heterocycles. The number of hydrogen-bond donors (Lipinski definition) is 2. The summed E-state index contributed by atoms with van der Waals surface area (Å²) in [5.41, 5.74) is 0.629. The zero-order chi connectivity index (χ0) is 17.2. The summed E-state index contributed by atoms with van der Waals surface area (Å²) in [4.78, 5) is 4.48. The molecule has 1 aromatic carbocycles. The summed E-state index contributed by atoms with van der Waals surface area (Å²) in [6.07, 6.45) is 4.03. The Morgan fingerprint density at radius 3 is 2.56 bits per heavy atom. The minimum absolute atomic E-state index is 0. The van der Waals surface area contributed by atoms with Gasteiger partial charge in [0, 0.05) is 38.9 Å². The van der Waals surface area contributed by atoms with E-state index in [1.54, 1.807) is 0 Å². The molecule has 0 bridgehead atoms. The van der Waals surface area contributed by atoms with Crippen LogP contribution in [0.25, 0.3) is 0 Å². The molecule has 1 aliphatic rings. The van der Waals surface area contributed by atoms with Crippen molar-refractivity contribution in [1.29, 1.82) is 0 Å².